The number of ether oxygens (including phenoxy) is 1. The number of Topliss-reactive ketones (excluding diaryl/α,β-unsaturated/α-hetero) is 1. The molecular formula is C20H20F2N2O5S. The maximum absolute atomic E-state index is 13.5. The summed E-state index contributed by atoms with van der Waals surface area (Å²) in [5, 5.41) is 4.99. The monoisotopic (exact) mass is 438 g/mol. The minimum Gasteiger partial charge on any atom is -0.457 e. The summed E-state index contributed by atoms with van der Waals surface area (Å²) in [5.41, 5.74) is -0.341. The number of thiophene rings is 1. The Morgan fingerprint density at radius 2 is 1.80 bits per heavy atom. The maximum Gasteiger partial charge on any atom is 0.308 e. The van der Waals surface area contributed by atoms with Crippen LogP contribution in [0.1, 0.15) is 38.3 Å². The lowest BCUT2D eigenvalue weighted by Crippen LogP contribution is -2.27. The number of nitrogens with one attached hydrogen (secondary N) is 2. The van der Waals surface area contributed by atoms with Gasteiger partial charge in [0.1, 0.15) is 11.6 Å². The number of esters is 1. The van der Waals surface area contributed by atoms with Crippen molar-refractivity contribution in [2.45, 2.75) is 19.8 Å². The second-order valence-corrected chi connectivity index (χ2v) is 7.38. The van der Waals surface area contributed by atoms with E-state index in [9.17, 15) is 28.0 Å². The van der Waals surface area contributed by atoms with Crippen molar-refractivity contribution < 1.29 is 32.7 Å². The van der Waals surface area contributed by atoms with Gasteiger partial charge < -0.3 is 15.4 Å². The Kier molecular flexibility index (Phi) is 8.60. The van der Waals surface area contributed by atoms with Crippen LogP contribution in [0.5, 0.6) is 0 Å². The highest BCUT2D eigenvalue weighted by molar-refractivity contribution is 7.14. The Balaban J connectivity index is 1.70. The average molecular weight is 438 g/mol. The molecular weight excluding hydrogens is 418 g/mol. The van der Waals surface area contributed by atoms with E-state index in [4.69, 9.17) is 4.74 Å². The molecule has 0 atom stereocenters. The van der Waals surface area contributed by atoms with Crippen LogP contribution in [0, 0.1) is 11.6 Å². The molecule has 2 N–H and O–H groups in total. The zero-order valence-electron chi connectivity index (χ0n) is 16.1. The van der Waals surface area contributed by atoms with Crippen LogP contribution in [-0.4, -0.2) is 43.3 Å². The maximum atomic E-state index is 13.5. The van der Waals surface area contributed by atoms with Crippen LogP contribution < -0.4 is 10.6 Å². The second kappa shape index (κ2) is 11.1. The first kappa shape index (κ1) is 23.1. The molecule has 30 heavy (non-hydrogen) atoms. The summed E-state index contributed by atoms with van der Waals surface area (Å²) in [6.07, 6.45) is 0.375. The molecule has 0 aliphatic rings. The molecule has 1 aromatic carbocycles. The van der Waals surface area contributed by atoms with E-state index in [-0.39, 0.29) is 30.2 Å². The summed E-state index contributed by atoms with van der Waals surface area (Å²) < 4.78 is 31.3. The van der Waals surface area contributed by atoms with E-state index >= 15 is 0 Å². The van der Waals surface area contributed by atoms with E-state index in [2.05, 4.69) is 10.6 Å². The molecule has 1 aromatic heterocycles. The zero-order chi connectivity index (χ0) is 22.1. The first-order valence-corrected chi connectivity index (χ1v) is 9.83. The minimum absolute atomic E-state index is 0.130. The average Bonchev–Trinajstić information content (AvgIpc) is 3.14. The van der Waals surface area contributed by atoms with Crippen LogP contribution in [0.25, 0.3) is 0 Å². The summed E-state index contributed by atoms with van der Waals surface area (Å²) in [4.78, 5) is 47.8. The smallest absolute Gasteiger partial charge is 0.308 e. The van der Waals surface area contributed by atoms with Gasteiger partial charge in [0.15, 0.2) is 6.61 Å². The molecule has 0 radical (unpaired) electrons. The molecule has 0 aliphatic heterocycles. The molecule has 0 unspecified atom stereocenters. The number of carbonyl (C=O) groups excluding carboxylic acids is 4. The fraction of sp³-hybridized carbons (Fsp3) is 0.300. The number of hydrogen-bond acceptors (Lipinski definition) is 6. The Hall–Kier alpha value is -3.14. The zero-order valence-corrected chi connectivity index (χ0v) is 16.9. The summed E-state index contributed by atoms with van der Waals surface area (Å²) in [6, 6.07) is 5.94. The van der Waals surface area contributed by atoms with Crippen molar-refractivity contribution in [3.05, 3.63) is 57.3 Å². The predicted octanol–water partition coefficient (Wildman–Crippen LogP) is 2.25. The van der Waals surface area contributed by atoms with Crippen LogP contribution in [-0.2, 0) is 20.7 Å². The van der Waals surface area contributed by atoms with Crippen molar-refractivity contribution in [2.75, 3.05) is 19.7 Å². The third-order valence-electron chi connectivity index (χ3n) is 3.84. The SMILES string of the molecule is CC(=O)NCCc1ccc(C(=O)COC(=O)CCNC(=O)c2ccc(F)cc2F)s1. The van der Waals surface area contributed by atoms with Crippen LogP contribution in [0.4, 0.5) is 8.78 Å². The minimum atomic E-state index is -1.01. The molecule has 0 fully saturated rings. The molecule has 0 spiro atoms. The van der Waals surface area contributed by atoms with Gasteiger partial charge in [0.2, 0.25) is 11.7 Å². The van der Waals surface area contributed by atoms with Crippen LogP contribution in [0.15, 0.2) is 30.3 Å². The fourth-order valence-electron chi connectivity index (χ4n) is 2.36. The van der Waals surface area contributed by atoms with E-state index < -0.39 is 30.1 Å². The largest absolute Gasteiger partial charge is 0.457 e. The number of carbonyl (C=O) groups is 4. The van der Waals surface area contributed by atoms with Crippen LogP contribution in [0.2, 0.25) is 0 Å². The number of ketones is 1. The van der Waals surface area contributed by atoms with E-state index in [1.165, 1.54) is 18.3 Å². The molecule has 0 bridgehead atoms. The molecule has 0 aliphatic carbocycles. The number of benzene rings is 1. The number of rotatable bonds is 10. The van der Waals surface area contributed by atoms with E-state index in [0.29, 0.717) is 23.9 Å². The van der Waals surface area contributed by atoms with Crippen molar-refractivity contribution in [2.24, 2.45) is 0 Å². The first-order chi connectivity index (χ1) is 14.3. The lowest BCUT2D eigenvalue weighted by molar-refractivity contribution is -0.142. The van der Waals surface area contributed by atoms with Crippen LogP contribution in [0.3, 0.4) is 0 Å². The van der Waals surface area contributed by atoms with E-state index in [1.807, 2.05) is 0 Å². The third-order valence-corrected chi connectivity index (χ3v) is 5.02. The molecule has 2 amide bonds. The highest BCUT2D eigenvalue weighted by Crippen LogP contribution is 2.17. The summed E-state index contributed by atoms with van der Waals surface area (Å²) >= 11 is 1.25. The van der Waals surface area contributed by atoms with Gasteiger partial charge in [-0.15, -0.1) is 11.3 Å². The molecule has 160 valence electrons. The van der Waals surface area contributed by atoms with Gasteiger partial charge in [-0.3, -0.25) is 19.2 Å². The van der Waals surface area contributed by atoms with Gasteiger partial charge >= 0.3 is 5.97 Å². The van der Waals surface area contributed by atoms with Gasteiger partial charge in [-0.1, -0.05) is 0 Å². The highest BCUT2D eigenvalue weighted by Gasteiger charge is 2.15. The normalized spacial score (nSPS) is 10.4. The molecule has 2 aromatic rings. The molecule has 0 saturated carbocycles. The standard InChI is InChI=1S/C20H20F2N2O5S/c1-12(25)23-8-6-14-3-5-18(30-14)17(26)11-29-19(27)7-9-24-20(28)15-4-2-13(21)10-16(15)22/h2-5,10H,6-9,11H2,1H3,(H,23,25)(H,24,28). The van der Waals surface area contributed by atoms with E-state index in [1.54, 1.807) is 12.1 Å². The highest BCUT2D eigenvalue weighted by atomic mass is 32.1. The predicted molar refractivity (Wildman–Crippen MR) is 105 cm³/mol. The first-order valence-electron chi connectivity index (χ1n) is 9.01. The number of halogens is 2. The Labute approximate surface area is 175 Å². The van der Waals surface area contributed by atoms with Gasteiger partial charge in [-0.25, -0.2) is 8.78 Å². The van der Waals surface area contributed by atoms with Gasteiger partial charge in [0.05, 0.1) is 16.9 Å². The summed E-state index contributed by atoms with van der Waals surface area (Å²) in [5.74, 6) is -3.80. The van der Waals surface area contributed by atoms with E-state index in [0.717, 1.165) is 17.0 Å². The molecule has 1 heterocycles. The molecule has 0 saturated heterocycles. The van der Waals surface area contributed by atoms with Crippen molar-refractivity contribution in [3.63, 3.8) is 0 Å². The van der Waals surface area contributed by atoms with Crippen molar-refractivity contribution >= 4 is 34.9 Å². The Bertz CT molecular complexity index is 945. The van der Waals surface area contributed by atoms with Gasteiger partial charge in [0.25, 0.3) is 5.91 Å². The Morgan fingerprint density at radius 3 is 2.50 bits per heavy atom. The number of hydrogen-bond donors (Lipinski definition) is 2. The topological polar surface area (TPSA) is 102 Å². The van der Waals surface area contributed by atoms with Gasteiger partial charge in [-0.05, 0) is 30.7 Å². The van der Waals surface area contributed by atoms with Crippen LogP contribution >= 0.6 is 11.3 Å². The Morgan fingerprint density at radius 1 is 1.03 bits per heavy atom. The van der Waals surface area contributed by atoms with Crippen molar-refractivity contribution in [3.8, 4) is 0 Å². The molecule has 10 heteroatoms. The fourth-order valence-corrected chi connectivity index (χ4v) is 3.29. The quantitative estimate of drug-likeness (QED) is 0.438. The lowest BCUT2D eigenvalue weighted by atomic mass is 10.2. The summed E-state index contributed by atoms with van der Waals surface area (Å²) in [6.45, 7) is 1.32. The number of amides is 2. The second-order valence-electron chi connectivity index (χ2n) is 6.21. The summed E-state index contributed by atoms with van der Waals surface area (Å²) in [7, 11) is 0. The van der Waals surface area contributed by atoms with Gasteiger partial charge in [-0.2, -0.15) is 0 Å². The molecule has 7 nitrogen and oxygen atoms in total. The van der Waals surface area contributed by atoms with Crippen molar-refractivity contribution in [1.29, 1.82) is 0 Å². The third kappa shape index (κ3) is 7.36. The van der Waals surface area contributed by atoms with Crippen molar-refractivity contribution in [1.82, 2.24) is 10.6 Å². The van der Waals surface area contributed by atoms with Gasteiger partial charge in [0, 0.05) is 31.0 Å². The molecule has 2 rings (SSSR count). The lowest BCUT2D eigenvalue weighted by Gasteiger charge is -2.06.